The molecule has 0 aliphatic heterocycles. The van der Waals surface area contributed by atoms with E-state index in [1.165, 1.54) is 0 Å². The number of hydrogen-bond donors (Lipinski definition) is 1. The van der Waals surface area contributed by atoms with Gasteiger partial charge >= 0.3 is 0 Å². The fourth-order valence-corrected chi connectivity index (χ4v) is 1.61. The van der Waals surface area contributed by atoms with E-state index in [2.05, 4.69) is 11.8 Å². The maximum Gasteiger partial charge on any atom is 0.134 e. The highest BCUT2D eigenvalue weighted by Gasteiger charge is 2.11. The lowest BCUT2D eigenvalue weighted by molar-refractivity contribution is 0.601. The van der Waals surface area contributed by atoms with Crippen molar-refractivity contribution in [1.29, 1.82) is 0 Å². The summed E-state index contributed by atoms with van der Waals surface area (Å²) < 4.78 is 5.42. The van der Waals surface area contributed by atoms with Gasteiger partial charge in [0.15, 0.2) is 0 Å². The largest absolute Gasteiger partial charge is 0.464 e. The smallest absolute Gasteiger partial charge is 0.134 e. The van der Waals surface area contributed by atoms with Gasteiger partial charge in [0.05, 0.1) is 6.26 Å². The van der Waals surface area contributed by atoms with Crippen molar-refractivity contribution < 1.29 is 4.42 Å². The number of fused-ring (bicyclic) bond motifs is 1. The molecule has 1 atom stereocenters. The Labute approximate surface area is 89.1 Å². The zero-order valence-corrected chi connectivity index (χ0v) is 8.66. The minimum atomic E-state index is -0.0684. The summed E-state index contributed by atoms with van der Waals surface area (Å²) in [5.41, 5.74) is 7.95. The molecular formula is C13H13NO. The fraction of sp³-hybridized carbons (Fsp3) is 0.231. The monoisotopic (exact) mass is 199 g/mol. The van der Waals surface area contributed by atoms with Gasteiger partial charge in [0.2, 0.25) is 0 Å². The van der Waals surface area contributed by atoms with Crippen molar-refractivity contribution in [2.75, 3.05) is 0 Å². The second-order valence-corrected chi connectivity index (χ2v) is 3.42. The number of para-hydroxylation sites is 1. The van der Waals surface area contributed by atoms with Crippen LogP contribution in [0.3, 0.4) is 0 Å². The van der Waals surface area contributed by atoms with Crippen molar-refractivity contribution in [2.24, 2.45) is 5.73 Å². The Hall–Kier alpha value is -1.72. The van der Waals surface area contributed by atoms with E-state index in [1.807, 2.05) is 31.2 Å². The number of benzene rings is 1. The number of nitrogens with two attached hydrogens (primary N) is 1. The Morgan fingerprint density at radius 3 is 3.00 bits per heavy atom. The molecule has 0 fully saturated rings. The van der Waals surface area contributed by atoms with E-state index in [4.69, 9.17) is 10.2 Å². The first kappa shape index (κ1) is 9.82. The van der Waals surface area contributed by atoms with Gasteiger partial charge < -0.3 is 10.2 Å². The highest BCUT2D eigenvalue weighted by molar-refractivity contribution is 5.81. The normalized spacial score (nSPS) is 12.1. The van der Waals surface area contributed by atoms with Gasteiger partial charge in [0.25, 0.3) is 0 Å². The molecule has 0 saturated heterocycles. The van der Waals surface area contributed by atoms with Crippen molar-refractivity contribution in [3.63, 3.8) is 0 Å². The molecule has 2 N–H and O–H groups in total. The van der Waals surface area contributed by atoms with Crippen LogP contribution < -0.4 is 5.73 Å². The average molecular weight is 199 g/mol. The first-order chi connectivity index (χ1) is 7.33. The molecule has 2 aromatic rings. The Balaban J connectivity index is 2.37. The topological polar surface area (TPSA) is 39.2 Å². The van der Waals surface area contributed by atoms with E-state index in [0.717, 1.165) is 16.5 Å². The zero-order valence-electron chi connectivity index (χ0n) is 8.66. The molecular weight excluding hydrogens is 186 g/mol. The molecule has 1 aromatic heterocycles. The van der Waals surface area contributed by atoms with Crippen LogP contribution in [0.25, 0.3) is 11.0 Å². The summed E-state index contributed by atoms with van der Waals surface area (Å²) in [6, 6.07) is 7.83. The summed E-state index contributed by atoms with van der Waals surface area (Å²) in [6.45, 7) is 1.82. The van der Waals surface area contributed by atoms with Crippen LogP contribution in [-0.2, 0) is 0 Å². The van der Waals surface area contributed by atoms with Gasteiger partial charge in [-0.3, -0.25) is 0 Å². The quantitative estimate of drug-likeness (QED) is 0.755. The third kappa shape index (κ3) is 1.88. The molecule has 0 bridgehead atoms. The summed E-state index contributed by atoms with van der Waals surface area (Å²) in [5.74, 6) is 5.83. The van der Waals surface area contributed by atoms with Gasteiger partial charge in [-0.15, -0.1) is 11.8 Å². The van der Waals surface area contributed by atoms with E-state index in [0.29, 0.717) is 6.42 Å². The standard InChI is InChI=1S/C13H13NO/c1-2-3-7-12(14)11-9-15-13-8-5-4-6-10(11)13/h4-6,8-9,12H,7,14H2,1H3. The molecule has 1 unspecified atom stereocenters. The molecule has 1 aromatic carbocycles. The summed E-state index contributed by atoms with van der Waals surface area (Å²) in [4.78, 5) is 0. The SMILES string of the molecule is CC#CCC(N)c1coc2ccccc12. The molecule has 76 valence electrons. The van der Waals surface area contributed by atoms with Crippen molar-refractivity contribution in [1.82, 2.24) is 0 Å². The summed E-state index contributed by atoms with van der Waals surface area (Å²) in [7, 11) is 0. The molecule has 1 heterocycles. The highest BCUT2D eigenvalue weighted by Crippen LogP contribution is 2.26. The van der Waals surface area contributed by atoms with E-state index in [-0.39, 0.29) is 6.04 Å². The molecule has 2 heteroatoms. The molecule has 0 amide bonds. The lowest BCUT2D eigenvalue weighted by atomic mass is 10.0. The molecule has 15 heavy (non-hydrogen) atoms. The van der Waals surface area contributed by atoms with Gasteiger partial charge in [0, 0.05) is 23.4 Å². The first-order valence-corrected chi connectivity index (χ1v) is 4.94. The van der Waals surface area contributed by atoms with Crippen LogP contribution in [-0.4, -0.2) is 0 Å². The van der Waals surface area contributed by atoms with Crippen LogP contribution in [0.4, 0.5) is 0 Å². The minimum Gasteiger partial charge on any atom is -0.464 e. The number of hydrogen-bond acceptors (Lipinski definition) is 2. The van der Waals surface area contributed by atoms with Crippen LogP contribution in [0.2, 0.25) is 0 Å². The number of rotatable bonds is 2. The molecule has 0 aliphatic carbocycles. The fourth-order valence-electron chi connectivity index (χ4n) is 1.61. The lowest BCUT2D eigenvalue weighted by Crippen LogP contribution is -2.08. The van der Waals surface area contributed by atoms with Crippen LogP contribution >= 0.6 is 0 Å². The van der Waals surface area contributed by atoms with Crippen LogP contribution in [0.15, 0.2) is 34.9 Å². The molecule has 0 saturated carbocycles. The van der Waals surface area contributed by atoms with E-state index in [1.54, 1.807) is 6.26 Å². The maximum atomic E-state index is 6.03. The van der Waals surface area contributed by atoms with E-state index in [9.17, 15) is 0 Å². The maximum absolute atomic E-state index is 6.03. The second-order valence-electron chi connectivity index (χ2n) is 3.42. The summed E-state index contributed by atoms with van der Waals surface area (Å²) in [5, 5.41) is 1.09. The molecule has 2 nitrogen and oxygen atoms in total. The predicted molar refractivity (Wildman–Crippen MR) is 61.2 cm³/mol. The first-order valence-electron chi connectivity index (χ1n) is 4.94. The Morgan fingerprint density at radius 2 is 2.20 bits per heavy atom. The predicted octanol–water partition coefficient (Wildman–Crippen LogP) is 2.85. The minimum absolute atomic E-state index is 0.0684. The second kappa shape index (κ2) is 4.20. The molecule has 2 rings (SSSR count). The third-order valence-corrected chi connectivity index (χ3v) is 2.41. The van der Waals surface area contributed by atoms with Crippen molar-refractivity contribution >= 4 is 11.0 Å². The Morgan fingerprint density at radius 1 is 1.40 bits per heavy atom. The van der Waals surface area contributed by atoms with Crippen molar-refractivity contribution in [2.45, 2.75) is 19.4 Å². The van der Waals surface area contributed by atoms with Crippen LogP contribution in [0.1, 0.15) is 24.9 Å². The molecule has 0 aliphatic rings. The highest BCUT2D eigenvalue weighted by atomic mass is 16.3. The Kier molecular flexibility index (Phi) is 2.75. The van der Waals surface area contributed by atoms with Crippen molar-refractivity contribution in [3.8, 4) is 11.8 Å². The van der Waals surface area contributed by atoms with Crippen LogP contribution in [0.5, 0.6) is 0 Å². The van der Waals surface area contributed by atoms with Crippen molar-refractivity contribution in [3.05, 3.63) is 36.1 Å². The van der Waals surface area contributed by atoms with Gasteiger partial charge in [-0.1, -0.05) is 18.2 Å². The average Bonchev–Trinajstić information content (AvgIpc) is 2.69. The van der Waals surface area contributed by atoms with Gasteiger partial charge in [-0.25, -0.2) is 0 Å². The zero-order chi connectivity index (χ0) is 10.7. The van der Waals surface area contributed by atoms with Gasteiger partial charge in [-0.05, 0) is 13.0 Å². The van der Waals surface area contributed by atoms with Gasteiger partial charge in [0.1, 0.15) is 5.58 Å². The summed E-state index contributed by atoms with van der Waals surface area (Å²) >= 11 is 0. The third-order valence-electron chi connectivity index (χ3n) is 2.41. The molecule has 0 radical (unpaired) electrons. The van der Waals surface area contributed by atoms with E-state index < -0.39 is 0 Å². The van der Waals surface area contributed by atoms with Gasteiger partial charge in [-0.2, -0.15) is 0 Å². The van der Waals surface area contributed by atoms with E-state index >= 15 is 0 Å². The number of furan rings is 1. The summed E-state index contributed by atoms with van der Waals surface area (Å²) in [6.07, 6.45) is 2.40. The van der Waals surface area contributed by atoms with Crippen LogP contribution in [0, 0.1) is 11.8 Å². The Bertz CT molecular complexity index is 516. The molecule has 0 spiro atoms. The lowest BCUT2D eigenvalue weighted by Gasteiger charge is -2.04.